The van der Waals surface area contributed by atoms with Gasteiger partial charge >= 0.3 is 5.97 Å². The van der Waals surface area contributed by atoms with E-state index in [1.807, 2.05) is 6.07 Å². The summed E-state index contributed by atoms with van der Waals surface area (Å²) in [6.45, 7) is 0.151. The second-order valence-electron chi connectivity index (χ2n) is 4.40. The van der Waals surface area contributed by atoms with E-state index in [1.54, 1.807) is 12.1 Å². The summed E-state index contributed by atoms with van der Waals surface area (Å²) in [6.07, 6.45) is 0.871. The first-order chi connectivity index (χ1) is 9.56. The number of fused-ring (bicyclic) bond motifs is 1. The number of benzene rings is 1. The molecule has 0 fully saturated rings. The van der Waals surface area contributed by atoms with Gasteiger partial charge in [0.1, 0.15) is 6.54 Å². The second kappa shape index (κ2) is 6.05. The van der Waals surface area contributed by atoms with Crippen LogP contribution < -0.4 is 16.0 Å². The molecule has 4 N–H and O–H groups in total. The van der Waals surface area contributed by atoms with E-state index in [1.165, 1.54) is 0 Å². The minimum Gasteiger partial charge on any atom is -0.480 e. The molecule has 2 amide bonds. The smallest absolute Gasteiger partial charge is 0.322 e. The number of nitrogens with one attached hydrogen (secondary N) is 3. The molecule has 0 radical (unpaired) electrons. The number of carbonyl (C=O) groups is 3. The van der Waals surface area contributed by atoms with Crippen LogP contribution in [0.2, 0.25) is 0 Å². The lowest BCUT2D eigenvalue weighted by molar-refractivity contribution is -0.137. The lowest BCUT2D eigenvalue weighted by Crippen LogP contribution is -2.39. The van der Waals surface area contributed by atoms with Crippen LogP contribution in [0.5, 0.6) is 0 Å². The molecule has 0 spiro atoms. The molecular weight excluding hydrogens is 262 g/mol. The average molecular weight is 277 g/mol. The van der Waals surface area contributed by atoms with E-state index in [2.05, 4.69) is 16.0 Å². The van der Waals surface area contributed by atoms with E-state index in [0.717, 1.165) is 24.2 Å². The molecule has 7 nitrogen and oxygen atoms in total. The van der Waals surface area contributed by atoms with E-state index in [4.69, 9.17) is 5.11 Å². The summed E-state index contributed by atoms with van der Waals surface area (Å²) < 4.78 is 0. The molecule has 0 unspecified atom stereocenters. The fourth-order valence-corrected chi connectivity index (χ4v) is 1.95. The second-order valence-corrected chi connectivity index (χ2v) is 4.40. The van der Waals surface area contributed by atoms with Crippen molar-refractivity contribution in [3.8, 4) is 0 Å². The number of carboxylic acids is 1. The minimum absolute atomic E-state index is 0.249. The topological polar surface area (TPSA) is 108 Å². The van der Waals surface area contributed by atoms with Gasteiger partial charge in [0.05, 0.1) is 6.54 Å². The molecule has 1 aromatic carbocycles. The number of anilines is 1. The summed E-state index contributed by atoms with van der Waals surface area (Å²) in [7, 11) is 0. The zero-order chi connectivity index (χ0) is 14.5. The highest BCUT2D eigenvalue weighted by Gasteiger charge is 2.14. The molecule has 1 aromatic rings. The van der Waals surface area contributed by atoms with Crippen LogP contribution in [-0.4, -0.2) is 42.5 Å². The highest BCUT2D eigenvalue weighted by atomic mass is 16.4. The Morgan fingerprint density at radius 2 is 2.00 bits per heavy atom. The van der Waals surface area contributed by atoms with Crippen LogP contribution in [0.15, 0.2) is 18.2 Å². The predicted molar refractivity (Wildman–Crippen MR) is 71.6 cm³/mol. The fraction of sp³-hybridized carbons (Fsp3) is 0.308. The monoisotopic (exact) mass is 277 g/mol. The van der Waals surface area contributed by atoms with E-state index in [0.29, 0.717) is 5.56 Å². The summed E-state index contributed by atoms with van der Waals surface area (Å²) in [5, 5.41) is 16.2. The molecule has 1 aliphatic rings. The Hall–Kier alpha value is -2.57. The van der Waals surface area contributed by atoms with E-state index in [9.17, 15) is 14.4 Å². The van der Waals surface area contributed by atoms with E-state index < -0.39 is 18.4 Å². The maximum Gasteiger partial charge on any atom is 0.322 e. The summed E-state index contributed by atoms with van der Waals surface area (Å²) >= 11 is 0. The zero-order valence-electron chi connectivity index (χ0n) is 10.7. The third kappa shape index (κ3) is 3.47. The molecule has 2 rings (SSSR count). The molecule has 20 heavy (non-hydrogen) atoms. The molecule has 0 aliphatic carbocycles. The zero-order valence-corrected chi connectivity index (χ0v) is 10.7. The van der Waals surface area contributed by atoms with Crippen molar-refractivity contribution < 1.29 is 19.5 Å². The van der Waals surface area contributed by atoms with Gasteiger partial charge in [-0.2, -0.15) is 0 Å². The molecular formula is C13H15N3O4. The molecule has 0 bridgehead atoms. The molecule has 1 heterocycles. The number of carboxylic acid groups (broad SMARTS) is 1. The van der Waals surface area contributed by atoms with Gasteiger partial charge in [-0.05, 0) is 30.2 Å². The first-order valence-corrected chi connectivity index (χ1v) is 6.20. The van der Waals surface area contributed by atoms with Gasteiger partial charge in [-0.15, -0.1) is 0 Å². The number of hydrogen-bond acceptors (Lipinski definition) is 4. The molecule has 7 heteroatoms. The Bertz CT molecular complexity index is 557. The lowest BCUT2D eigenvalue weighted by atomic mass is 10.1. The van der Waals surface area contributed by atoms with E-state index in [-0.39, 0.29) is 12.5 Å². The number of carbonyl (C=O) groups excluding carboxylic acids is 2. The van der Waals surface area contributed by atoms with Gasteiger partial charge in [-0.25, -0.2) is 0 Å². The number of amides is 2. The molecule has 0 aromatic heterocycles. The summed E-state index contributed by atoms with van der Waals surface area (Å²) in [6, 6.07) is 5.31. The molecule has 0 saturated heterocycles. The highest BCUT2D eigenvalue weighted by molar-refractivity contribution is 5.97. The normalized spacial score (nSPS) is 12.2. The fourth-order valence-electron chi connectivity index (χ4n) is 1.95. The van der Waals surface area contributed by atoms with Crippen LogP contribution >= 0.6 is 0 Å². The molecule has 0 atom stereocenters. The van der Waals surface area contributed by atoms with Crippen LogP contribution in [0.4, 0.5) is 5.69 Å². The molecule has 0 saturated carbocycles. The number of hydrogen-bond donors (Lipinski definition) is 4. The molecule has 1 aliphatic heterocycles. The number of rotatable bonds is 5. The van der Waals surface area contributed by atoms with Crippen molar-refractivity contribution in [2.45, 2.75) is 6.42 Å². The third-order valence-corrected chi connectivity index (χ3v) is 2.92. The van der Waals surface area contributed by atoms with Crippen LogP contribution in [-0.2, 0) is 16.0 Å². The number of aliphatic carboxylic acids is 1. The molecule has 106 valence electrons. The third-order valence-electron chi connectivity index (χ3n) is 2.92. The summed E-state index contributed by atoms with van der Waals surface area (Å²) in [5.74, 6) is -2.02. The first-order valence-electron chi connectivity index (χ1n) is 6.20. The van der Waals surface area contributed by atoms with Crippen molar-refractivity contribution in [1.82, 2.24) is 10.6 Å². The average Bonchev–Trinajstić information content (AvgIpc) is 2.89. The van der Waals surface area contributed by atoms with Crippen molar-refractivity contribution in [2.24, 2.45) is 0 Å². The van der Waals surface area contributed by atoms with Crippen molar-refractivity contribution in [3.63, 3.8) is 0 Å². The maximum absolute atomic E-state index is 11.9. The predicted octanol–water partition coefficient (Wildman–Crippen LogP) is -0.415. The Balaban J connectivity index is 1.86. The van der Waals surface area contributed by atoms with Gasteiger partial charge < -0.3 is 21.1 Å². The van der Waals surface area contributed by atoms with Gasteiger partial charge in [-0.1, -0.05) is 0 Å². The summed E-state index contributed by atoms with van der Waals surface area (Å²) in [4.78, 5) is 33.4. The van der Waals surface area contributed by atoms with Crippen molar-refractivity contribution in [3.05, 3.63) is 29.3 Å². The minimum atomic E-state index is -1.13. The standard InChI is InChI=1S/C13H15N3O4/c17-11(15-7-12(18)19)6-16-13(20)9-1-2-10-8(5-9)3-4-14-10/h1-2,5,14H,3-4,6-7H2,(H,15,17)(H,16,20)(H,18,19). The highest BCUT2D eigenvalue weighted by Crippen LogP contribution is 2.22. The van der Waals surface area contributed by atoms with Crippen molar-refractivity contribution >= 4 is 23.5 Å². The van der Waals surface area contributed by atoms with Gasteiger partial charge in [0.2, 0.25) is 5.91 Å². The Morgan fingerprint density at radius 3 is 2.75 bits per heavy atom. The Labute approximate surface area is 115 Å². The first kappa shape index (κ1) is 13.9. The lowest BCUT2D eigenvalue weighted by Gasteiger charge is -2.07. The largest absolute Gasteiger partial charge is 0.480 e. The van der Waals surface area contributed by atoms with Crippen LogP contribution in [0.25, 0.3) is 0 Å². The SMILES string of the molecule is O=C(O)CNC(=O)CNC(=O)c1ccc2c(c1)CCN2. The van der Waals surface area contributed by atoms with Gasteiger partial charge in [0, 0.05) is 17.8 Å². The van der Waals surface area contributed by atoms with Gasteiger partial charge in [0.25, 0.3) is 5.91 Å². The Morgan fingerprint density at radius 1 is 1.20 bits per heavy atom. The van der Waals surface area contributed by atoms with E-state index >= 15 is 0 Å². The van der Waals surface area contributed by atoms with Gasteiger partial charge in [0.15, 0.2) is 0 Å². The van der Waals surface area contributed by atoms with Gasteiger partial charge in [-0.3, -0.25) is 14.4 Å². The van der Waals surface area contributed by atoms with Crippen molar-refractivity contribution in [1.29, 1.82) is 0 Å². The Kier molecular flexibility index (Phi) is 4.19. The van der Waals surface area contributed by atoms with Crippen molar-refractivity contribution in [2.75, 3.05) is 25.0 Å². The maximum atomic E-state index is 11.9. The van der Waals surface area contributed by atoms with Crippen LogP contribution in [0, 0.1) is 0 Å². The van der Waals surface area contributed by atoms with Crippen LogP contribution in [0.3, 0.4) is 0 Å². The van der Waals surface area contributed by atoms with Crippen LogP contribution in [0.1, 0.15) is 15.9 Å². The summed E-state index contributed by atoms with van der Waals surface area (Å²) in [5.41, 5.74) is 2.59. The quantitative estimate of drug-likeness (QED) is 0.585.